The maximum absolute atomic E-state index is 12.7. The number of nitrogens with one attached hydrogen (secondary N) is 1. The Kier molecular flexibility index (Phi) is 4.92. The van der Waals surface area contributed by atoms with Crippen LogP contribution < -0.4 is 16.8 Å². The van der Waals surface area contributed by atoms with E-state index in [1.807, 2.05) is 30.3 Å². The van der Waals surface area contributed by atoms with Crippen LogP contribution in [0.3, 0.4) is 0 Å². The third kappa shape index (κ3) is 4.00. The van der Waals surface area contributed by atoms with E-state index in [0.717, 1.165) is 5.56 Å². The summed E-state index contributed by atoms with van der Waals surface area (Å²) in [5.74, 6) is 0.306. The molecule has 2 heterocycles. The van der Waals surface area contributed by atoms with Crippen molar-refractivity contribution >= 4 is 45.8 Å². The van der Waals surface area contributed by atoms with Gasteiger partial charge in [-0.3, -0.25) is 4.79 Å². The van der Waals surface area contributed by atoms with E-state index >= 15 is 0 Å². The summed E-state index contributed by atoms with van der Waals surface area (Å²) in [5, 5.41) is 4.91. The van der Waals surface area contributed by atoms with Gasteiger partial charge in [0, 0.05) is 17.6 Å². The van der Waals surface area contributed by atoms with Crippen LogP contribution in [0, 0.1) is 0 Å². The van der Waals surface area contributed by atoms with Gasteiger partial charge in [0.2, 0.25) is 5.91 Å². The Morgan fingerprint density at radius 3 is 2.50 bits per heavy atom. The zero-order valence-electron chi connectivity index (χ0n) is 12.4. The molecule has 0 bridgehead atoms. The molecule has 0 unspecified atom stereocenters. The van der Waals surface area contributed by atoms with Gasteiger partial charge in [-0.05, 0) is 5.56 Å². The molecule has 24 heavy (non-hydrogen) atoms. The van der Waals surface area contributed by atoms with E-state index < -0.39 is 5.25 Å². The number of hydrogen-bond acceptors (Lipinski definition) is 8. The normalized spacial score (nSPS) is 11.8. The predicted octanol–water partition coefficient (Wildman–Crippen LogP) is 2.57. The second kappa shape index (κ2) is 7.28. The zero-order chi connectivity index (χ0) is 16.9. The second-order valence-electron chi connectivity index (χ2n) is 4.74. The van der Waals surface area contributed by atoms with Gasteiger partial charge in [0.25, 0.3) is 0 Å². The Balaban J connectivity index is 1.88. The molecule has 0 radical (unpaired) electrons. The molecule has 9 heteroatoms. The summed E-state index contributed by atoms with van der Waals surface area (Å²) in [6, 6.07) is 10.8. The maximum Gasteiger partial charge on any atom is 0.244 e. The molecule has 7 nitrogen and oxygen atoms in total. The Bertz CT molecular complexity index is 805. The molecule has 0 spiro atoms. The Labute approximate surface area is 146 Å². The molecule has 0 saturated heterocycles. The average Bonchev–Trinajstić information content (AvgIpc) is 3.05. The smallest absolute Gasteiger partial charge is 0.244 e. The van der Waals surface area contributed by atoms with Crippen molar-refractivity contribution < 1.29 is 4.79 Å². The van der Waals surface area contributed by atoms with Gasteiger partial charge in [-0.15, -0.1) is 11.3 Å². The van der Waals surface area contributed by atoms with E-state index in [-0.39, 0.29) is 17.5 Å². The minimum Gasteiger partial charge on any atom is -0.383 e. The van der Waals surface area contributed by atoms with Crippen LogP contribution in [0.2, 0.25) is 0 Å². The first-order chi connectivity index (χ1) is 11.6. The molecule has 1 amide bonds. The van der Waals surface area contributed by atoms with Gasteiger partial charge in [0.1, 0.15) is 16.9 Å². The van der Waals surface area contributed by atoms with Gasteiger partial charge >= 0.3 is 0 Å². The monoisotopic (exact) mass is 358 g/mol. The number of amides is 1. The van der Waals surface area contributed by atoms with E-state index in [1.165, 1.54) is 29.2 Å². The van der Waals surface area contributed by atoms with E-state index in [2.05, 4.69) is 20.3 Å². The van der Waals surface area contributed by atoms with Gasteiger partial charge < -0.3 is 16.8 Å². The molecule has 0 aliphatic carbocycles. The van der Waals surface area contributed by atoms with Crippen LogP contribution in [0.15, 0.2) is 53.1 Å². The summed E-state index contributed by atoms with van der Waals surface area (Å²) in [6.07, 6.45) is 1.63. The molecule has 5 N–H and O–H groups in total. The Morgan fingerprint density at radius 1 is 1.17 bits per heavy atom. The van der Waals surface area contributed by atoms with Crippen molar-refractivity contribution in [2.24, 2.45) is 0 Å². The number of rotatable bonds is 5. The van der Waals surface area contributed by atoms with Crippen LogP contribution in [0.1, 0.15) is 10.8 Å². The van der Waals surface area contributed by atoms with Crippen molar-refractivity contribution in [3.8, 4) is 0 Å². The standard InChI is InChI=1S/C15H14N6OS2/c16-10-8-11(17)20-15(19-10)24-12(9-4-2-1-3-5-9)13(22)21-14-18-6-7-23-14/h1-8,12H,(H,18,21,22)(H4,16,17,19,20)/t12-/m0/s1. The number of carbonyl (C=O) groups excluding carboxylic acids is 1. The summed E-state index contributed by atoms with van der Waals surface area (Å²) in [7, 11) is 0. The number of thioether (sulfide) groups is 1. The molecule has 3 rings (SSSR count). The van der Waals surface area contributed by atoms with Crippen molar-refractivity contribution in [2.75, 3.05) is 16.8 Å². The molecule has 0 aliphatic rings. The fourth-order valence-electron chi connectivity index (χ4n) is 1.98. The van der Waals surface area contributed by atoms with Crippen LogP contribution in [0.25, 0.3) is 0 Å². The van der Waals surface area contributed by atoms with Crippen LogP contribution in [-0.2, 0) is 4.79 Å². The number of thiazole rings is 1. The highest BCUT2D eigenvalue weighted by Gasteiger charge is 2.24. The molecule has 0 saturated carbocycles. The first-order valence-electron chi connectivity index (χ1n) is 6.94. The third-order valence-corrected chi connectivity index (χ3v) is 4.78. The lowest BCUT2D eigenvalue weighted by molar-refractivity contribution is -0.115. The Morgan fingerprint density at radius 2 is 1.88 bits per heavy atom. The average molecular weight is 358 g/mol. The summed E-state index contributed by atoms with van der Waals surface area (Å²) >= 11 is 2.53. The van der Waals surface area contributed by atoms with Crippen molar-refractivity contribution in [1.29, 1.82) is 0 Å². The fraction of sp³-hybridized carbons (Fsp3) is 0.0667. The number of nitrogens with zero attached hydrogens (tertiary/aromatic N) is 3. The van der Waals surface area contributed by atoms with Crippen molar-refractivity contribution in [3.05, 3.63) is 53.5 Å². The fourth-order valence-corrected chi connectivity index (χ4v) is 3.50. The van der Waals surface area contributed by atoms with Crippen LogP contribution in [-0.4, -0.2) is 20.9 Å². The third-order valence-electron chi connectivity index (χ3n) is 2.97. The van der Waals surface area contributed by atoms with E-state index in [0.29, 0.717) is 10.3 Å². The molecule has 1 atom stereocenters. The van der Waals surface area contributed by atoms with Crippen molar-refractivity contribution in [3.63, 3.8) is 0 Å². The quantitative estimate of drug-likeness (QED) is 0.473. The lowest BCUT2D eigenvalue weighted by atomic mass is 10.1. The van der Waals surface area contributed by atoms with Gasteiger partial charge in [-0.2, -0.15) is 0 Å². The minimum absolute atomic E-state index is 0.217. The molecule has 0 aliphatic heterocycles. The summed E-state index contributed by atoms with van der Waals surface area (Å²) in [6.45, 7) is 0. The topological polar surface area (TPSA) is 120 Å². The number of benzene rings is 1. The van der Waals surface area contributed by atoms with Gasteiger partial charge in [-0.1, -0.05) is 42.1 Å². The molecule has 2 aromatic heterocycles. The van der Waals surface area contributed by atoms with Crippen LogP contribution in [0.5, 0.6) is 0 Å². The Hall–Kier alpha value is -2.65. The van der Waals surface area contributed by atoms with E-state index in [1.54, 1.807) is 11.6 Å². The summed E-state index contributed by atoms with van der Waals surface area (Å²) in [4.78, 5) is 25.0. The lowest BCUT2D eigenvalue weighted by Gasteiger charge is -2.15. The number of carbonyl (C=O) groups is 1. The van der Waals surface area contributed by atoms with Crippen LogP contribution >= 0.6 is 23.1 Å². The number of nitrogen functional groups attached to an aromatic ring is 2. The highest BCUT2D eigenvalue weighted by molar-refractivity contribution is 8.00. The molecule has 0 fully saturated rings. The largest absolute Gasteiger partial charge is 0.383 e. The molecular formula is C15H14N6OS2. The highest BCUT2D eigenvalue weighted by atomic mass is 32.2. The van der Waals surface area contributed by atoms with E-state index in [9.17, 15) is 4.79 Å². The summed E-state index contributed by atoms with van der Waals surface area (Å²) < 4.78 is 0. The first kappa shape index (κ1) is 16.2. The van der Waals surface area contributed by atoms with Gasteiger partial charge in [0.05, 0.1) is 0 Å². The molecule has 3 aromatic rings. The van der Waals surface area contributed by atoms with E-state index in [4.69, 9.17) is 11.5 Å². The van der Waals surface area contributed by atoms with Crippen LogP contribution in [0.4, 0.5) is 16.8 Å². The SMILES string of the molecule is Nc1cc(N)nc(S[C@H](C(=O)Nc2nccs2)c2ccccc2)n1. The second-order valence-corrected chi connectivity index (χ2v) is 6.70. The number of aromatic nitrogens is 3. The number of anilines is 3. The zero-order valence-corrected chi connectivity index (χ0v) is 14.1. The summed E-state index contributed by atoms with van der Waals surface area (Å²) in [5.41, 5.74) is 12.2. The lowest BCUT2D eigenvalue weighted by Crippen LogP contribution is -2.19. The van der Waals surface area contributed by atoms with Crippen molar-refractivity contribution in [2.45, 2.75) is 10.4 Å². The van der Waals surface area contributed by atoms with Crippen molar-refractivity contribution in [1.82, 2.24) is 15.0 Å². The first-order valence-corrected chi connectivity index (χ1v) is 8.70. The van der Waals surface area contributed by atoms with Gasteiger partial charge in [-0.25, -0.2) is 15.0 Å². The predicted molar refractivity (Wildman–Crippen MR) is 96.6 cm³/mol. The maximum atomic E-state index is 12.7. The van der Waals surface area contributed by atoms with Gasteiger partial charge in [0.15, 0.2) is 10.3 Å². The highest BCUT2D eigenvalue weighted by Crippen LogP contribution is 2.35. The number of hydrogen-bond donors (Lipinski definition) is 3. The molecule has 122 valence electrons. The molecule has 1 aromatic carbocycles. The molecular weight excluding hydrogens is 344 g/mol. The minimum atomic E-state index is -0.559. The number of nitrogens with two attached hydrogens (primary N) is 2.